The van der Waals surface area contributed by atoms with E-state index in [0.717, 1.165) is 25.1 Å². The quantitative estimate of drug-likeness (QED) is 0.726. The predicted octanol–water partition coefficient (Wildman–Crippen LogP) is 2.58. The summed E-state index contributed by atoms with van der Waals surface area (Å²) >= 11 is 0. The van der Waals surface area contributed by atoms with Gasteiger partial charge in [-0.05, 0) is 26.7 Å². The van der Waals surface area contributed by atoms with Gasteiger partial charge in [0.05, 0.1) is 5.60 Å². The molecule has 0 N–H and O–H groups in total. The molecule has 0 unspecified atom stereocenters. The van der Waals surface area contributed by atoms with E-state index in [2.05, 4.69) is 4.98 Å². The first-order valence-electron chi connectivity index (χ1n) is 6.25. The van der Waals surface area contributed by atoms with Crippen LogP contribution >= 0.6 is 10.7 Å². The average molecular weight is 309 g/mol. The minimum absolute atomic E-state index is 0.0761. The zero-order valence-electron chi connectivity index (χ0n) is 11.8. The third-order valence-corrected chi connectivity index (χ3v) is 4.24. The molecule has 19 heavy (non-hydrogen) atoms. The maximum absolute atomic E-state index is 11.3. The summed E-state index contributed by atoms with van der Waals surface area (Å²) in [7, 11) is 3.22. The number of aromatic nitrogens is 2. The Bertz CT molecular complexity index is 523. The van der Waals surface area contributed by atoms with Crippen LogP contribution in [0.3, 0.4) is 0 Å². The van der Waals surface area contributed by atoms with Crippen molar-refractivity contribution in [3.63, 3.8) is 0 Å². The summed E-state index contributed by atoms with van der Waals surface area (Å²) in [4.78, 5) is 4.10. The lowest BCUT2D eigenvalue weighted by atomic mass is 10.1. The summed E-state index contributed by atoms with van der Waals surface area (Å²) in [6.45, 7) is 6.65. The highest BCUT2D eigenvalue weighted by Crippen LogP contribution is 2.19. The van der Waals surface area contributed by atoms with Gasteiger partial charge in [0.25, 0.3) is 9.05 Å². The summed E-state index contributed by atoms with van der Waals surface area (Å²) in [5.74, 6) is 0.744. The maximum Gasteiger partial charge on any atom is 0.280 e. The SMILES string of the molecule is CCCc1nc(S(=O)(=O)Cl)cn1CCC(C)(C)OC. The monoisotopic (exact) mass is 308 g/mol. The molecule has 5 nitrogen and oxygen atoms in total. The summed E-state index contributed by atoms with van der Waals surface area (Å²) in [5, 5.41) is -0.0761. The zero-order valence-corrected chi connectivity index (χ0v) is 13.4. The molecule has 1 aromatic heterocycles. The first-order valence-corrected chi connectivity index (χ1v) is 8.56. The zero-order chi connectivity index (χ0) is 14.7. The third-order valence-electron chi connectivity index (χ3n) is 3.07. The number of nitrogens with zero attached hydrogens (tertiary/aromatic N) is 2. The highest BCUT2D eigenvalue weighted by molar-refractivity contribution is 8.13. The topological polar surface area (TPSA) is 61.2 Å². The molecular weight excluding hydrogens is 288 g/mol. The molecule has 0 radical (unpaired) electrons. The summed E-state index contributed by atoms with van der Waals surface area (Å²) in [6.07, 6.45) is 3.88. The number of hydrogen-bond acceptors (Lipinski definition) is 4. The van der Waals surface area contributed by atoms with Crippen LogP contribution in [0.4, 0.5) is 0 Å². The van der Waals surface area contributed by atoms with Gasteiger partial charge in [-0.3, -0.25) is 0 Å². The molecule has 0 saturated heterocycles. The van der Waals surface area contributed by atoms with E-state index >= 15 is 0 Å². The number of hydrogen-bond donors (Lipinski definition) is 0. The van der Waals surface area contributed by atoms with Gasteiger partial charge in [-0.2, -0.15) is 0 Å². The van der Waals surface area contributed by atoms with E-state index in [0.29, 0.717) is 6.54 Å². The number of halogens is 1. The molecule has 0 fully saturated rings. The molecule has 0 bridgehead atoms. The summed E-state index contributed by atoms with van der Waals surface area (Å²) in [6, 6.07) is 0. The van der Waals surface area contributed by atoms with Crippen LogP contribution in [0.2, 0.25) is 0 Å². The van der Waals surface area contributed by atoms with Crippen molar-refractivity contribution in [1.82, 2.24) is 9.55 Å². The van der Waals surface area contributed by atoms with Gasteiger partial charge in [-0.1, -0.05) is 6.92 Å². The highest BCUT2D eigenvalue weighted by Gasteiger charge is 2.20. The molecule has 110 valence electrons. The molecule has 0 aliphatic rings. The van der Waals surface area contributed by atoms with Crippen LogP contribution in [0.15, 0.2) is 11.2 Å². The Morgan fingerprint density at radius 1 is 1.47 bits per heavy atom. The molecule has 1 rings (SSSR count). The van der Waals surface area contributed by atoms with Crippen LogP contribution in [0.1, 0.15) is 39.4 Å². The molecular formula is C12H21ClN2O3S. The molecule has 0 spiro atoms. The second-order valence-corrected chi connectivity index (χ2v) is 7.60. The van der Waals surface area contributed by atoms with Gasteiger partial charge in [0.1, 0.15) is 5.82 Å². The highest BCUT2D eigenvalue weighted by atomic mass is 35.7. The van der Waals surface area contributed by atoms with Crippen LogP contribution in [0.25, 0.3) is 0 Å². The second kappa shape index (κ2) is 6.24. The lowest BCUT2D eigenvalue weighted by Gasteiger charge is -2.23. The number of imidazole rings is 1. The molecule has 1 aromatic rings. The number of aryl methyl sites for hydroxylation is 2. The Morgan fingerprint density at radius 3 is 2.58 bits per heavy atom. The fraction of sp³-hybridized carbons (Fsp3) is 0.750. The second-order valence-electron chi connectivity index (χ2n) is 5.09. The minimum Gasteiger partial charge on any atom is -0.379 e. The van der Waals surface area contributed by atoms with Gasteiger partial charge < -0.3 is 9.30 Å². The fourth-order valence-electron chi connectivity index (χ4n) is 1.65. The van der Waals surface area contributed by atoms with Crippen molar-refractivity contribution < 1.29 is 13.2 Å². The van der Waals surface area contributed by atoms with E-state index in [1.807, 2.05) is 25.3 Å². The lowest BCUT2D eigenvalue weighted by Crippen LogP contribution is -2.24. The summed E-state index contributed by atoms with van der Waals surface area (Å²) in [5.41, 5.74) is -0.256. The smallest absolute Gasteiger partial charge is 0.280 e. The Hall–Kier alpha value is -0.590. The van der Waals surface area contributed by atoms with Gasteiger partial charge in [-0.25, -0.2) is 13.4 Å². The largest absolute Gasteiger partial charge is 0.379 e. The van der Waals surface area contributed by atoms with Gasteiger partial charge in [0.2, 0.25) is 0 Å². The molecule has 1 heterocycles. The van der Waals surface area contributed by atoms with Gasteiger partial charge in [0, 0.05) is 37.0 Å². The number of rotatable bonds is 7. The molecule has 7 heteroatoms. The van der Waals surface area contributed by atoms with Crippen molar-refractivity contribution in [2.75, 3.05) is 7.11 Å². The van der Waals surface area contributed by atoms with Gasteiger partial charge >= 0.3 is 0 Å². The average Bonchev–Trinajstić information content (AvgIpc) is 2.70. The lowest BCUT2D eigenvalue weighted by molar-refractivity contribution is 0.0119. The third kappa shape index (κ3) is 4.78. The van der Waals surface area contributed by atoms with Crippen molar-refractivity contribution in [3.8, 4) is 0 Å². The normalized spacial score (nSPS) is 12.9. The Labute approximate surface area is 119 Å². The van der Waals surface area contributed by atoms with Gasteiger partial charge in [-0.15, -0.1) is 0 Å². The maximum atomic E-state index is 11.3. The minimum atomic E-state index is -3.77. The van der Waals surface area contributed by atoms with Crippen LogP contribution in [0.5, 0.6) is 0 Å². The van der Waals surface area contributed by atoms with Crippen molar-refractivity contribution in [1.29, 1.82) is 0 Å². The molecule has 0 saturated carbocycles. The fourth-order valence-corrected chi connectivity index (χ4v) is 2.34. The van der Waals surface area contributed by atoms with E-state index in [-0.39, 0.29) is 10.6 Å². The van der Waals surface area contributed by atoms with Crippen LogP contribution < -0.4 is 0 Å². The van der Waals surface area contributed by atoms with Crippen LogP contribution in [0, 0.1) is 0 Å². The molecule has 0 aromatic carbocycles. The standard InChI is InChI=1S/C12H21ClN2O3S/c1-5-6-10-14-11(19(13,16)17)9-15(10)8-7-12(2,3)18-4/h9H,5-8H2,1-4H3. The number of methoxy groups -OCH3 is 1. The molecule has 0 atom stereocenters. The van der Waals surface area contributed by atoms with Crippen LogP contribution in [-0.2, 0) is 26.8 Å². The summed E-state index contributed by atoms with van der Waals surface area (Å²) < 4.78 is 29.9. The molecule has 0 amide bonds. The Morgan fingerprint density at radius 2 is 2.11 bits per heavy atom. The molecule has 0 aliphatic heterocycles. The Kier molecular flexibility index (Phi) is 5.41. The first kappa shape index (κ1) is 16.5. The van der Waals surface area contributed by atoms with Crippen molar-refractivity contribution in [3.05, 3.63) is 12.0 Å². The van der Waals surface area contributed by atoms with Crippen LogP contribution in [-0.4, -0.2) is 30.7 Å². The van der Waals surface area contributed by atoms with E-state index in [4.69, 9.17) is 15.4 Å². The molecule has 0 aliphatic carbocycles. The van der Waals surface area contributed by atoms with Gasteiger partial charge in [0.15, 0.2) is 5.03 Å². The first-order chi connectivity index (χ1) is 8.69. The number of ether oxygens (including phenoxy) is 1. The van der Waals surface area contributed by atoms with E-state index < -0.39 is 9.05 Å². The van der Waals surface area contributed by atoms with Crippen molar-refractivity contribution in [2.24, 2.45) is 0 Å². The van der Waals surface area contributed by atoms with E-state index in [1.54, 1.807) is 7.11 Å². The van der Waals surface area contributed by atoms with E-state index in [1.165, 1.54) is 6.20 Å². The van der Waals surface area contributed by atoms with E-state index in [9.17, 15) is 8.42 Å². The predicted molar refractivity (Wildman–Crippen MR) is 75.0 cm³/mol. The van der Waals surface area contributed by atoms with Crippen molar-refractivity contribution in [2.45, 2.75) is 57.2 Å². The Balaban J connectivity index is 2.95. The van der Waals surface area contributed by atoms with Crippen molar-refractivity contribution >= 4 is 19.7 Å².